The van der Waals surface area contributed by atoms with Gasteiger partial charge in [-0.1, -0.05) is 18.2 Å². The molecule has 8 heteroatoms. The Balaban J connectivity index is 0.00000341. The van der Waals surface area contributed by atoms with Gasteiger partial charge in [-0.2, -0.15) is 0 Å². The van der Waals surface area contributed by atoms with Gasteiger partial charge < -0.3 is 25.2 Å². The van der Waals surface area contributed by atoms with Crippen LogP contribution < -0.4 is 20.1 Å². The Labute approximate surface area is 200 Å². The number of methoxy groups -OCH3 is 2. The Bertz CT molecular complexity index is 890. The van der Waals surface area contributed by atoms with E-state index in [0.717, 1.165) is 18.4 Å². The standard InChI is InChI=1S/C23H30FN3O3.HI/c1-4-25-22(27-15-23(11-12-23)18-7-5-6-8-19(18)24)26-14-20(28)17-13-16(29-2)9-10-21(17)30-3;/h5-10,13,20,28H,4,11-12,14-15H2,1-3H3,(H2,25,26,27);1H. The number of aliphatic imine (C=N–C) groups is 1. The smallest absolute Gasteiger partial charge is 0.191 e. The molecule has 2 aromatic rings. The zero-order chi connectivity index (χ0) is 21.6. The van der Waals surface area contributed by atoms with Gasteiger partial charge in [-0.25, -0.2) is 4.39 Å². The topological polar surface area (TPSA) is 75.1 Å². The normalized spacial score (nSPS) is 15.5. The second-order valence-electron chi connectivity index (χ2n) is 7.46. The predicted molar refractivity (Wildman–Crippen MR) is 131 cm³/mol. The van der Waals surface area contributed by atoms with Crippen LogP contribution in [0.15, 0.2) is 47.5 Å². The van der Waals surface area contributed by atoms with E-state index in [9.17, 15) is 9.50 Å². The van der Waals surface area contributed by atoms with Crippen LogP contribution in [0.2, 0.25) is 0 Å². The number of ether oxygens (including phenoxy) is 2. The van der Waals surface area contributed by atoms with Crippen molar-refractivity contribution in [3.05, 3.63) is 59.4 Å². The van der Waals surface area contributed by atoms with Gasteiger partial charge >= 0.3 is 0 Å². The van der Waals surface area contributed by atoms with E-state index >= 15 is 0 Å². The van der Waals surface area contributed by atoms with Crippen molar-refractivity contribution in [2.24, 2.45) is 4.99 Å². The SMILES string of the molecule is CCNC(=NCC1(c2ccccc2F)CC1)NCC(O)c1cc(OC)ccc1OC.I. The molecule has 3 N–H and O–H groups in total. The van der Waals surface area contributed by atoms with Crippen molar-refractivity contribution in [2.45, 2.75) is 31.3 Å². The number of guanidine groups is 1. The number of benzene rings is 2. The number of hydrogen-bond acceptors (Lipinski definition) is 4. The summed E-state index contributed by atoms with van der Waals surface area (Å²) in [6, 6.07) is 12.2. The predicted octanol–water partition coefficient (Wildman–Crippen LogP) is 3.78. The zero-order valence-corrected chi connectivity index (χ0v) is 20.5. The van der Waals surface area contributed by atoms with Crippen LogP contribution in [0.5, 0.6) is 11.5 Å². The van der Waals surface area contributed by atoms with Crippen molar-refractivity contribution >= 4 is 29.9 Å². The van der Waals surface area contributed by atoms with Gasteiger partial charge in [-0.15, -0.1) is 24.0 Å². The third-order valence-electron chi connectivity index (χ3n) is 5.44. The molecular weight excluding hydrogens is 512 g/mol. The Morgan fingerprint density at radius 2 is 1.90 bits per heavy atom. The lowest BCUT2D eigenvalue weighted by molar-refractivity contribution is 0.176. The maximum absolute atomic E-state index is 14.2. The third-order valence-corrected chi connectivity index (χ3v) is 5.44. The molecule has 0 aliphatic heterocycles. The van der Waals surface area contributed by atoms with Crippen LogP contribution in [0.1, 0.15) is 37.0 Å². The summed E-state index contributed by atoms with van der Waals surface area (Å²) in [6.07, 6.45) is 1.02. The van der Waals surface area contributed by atoms with Gasteiger partial charge in [0.05, 0.1) is 26.9 Å². The minimum Gasteiger partial charge on any atom is -0.497 e. The summed E-state index contributed by atoms with van der Waals surface area (Å²) >= 11 is 0. The van der Waals surface area contributed by atoms with Gasteiger partial charge in [0, 0.05) is 24.1 Å². The summed E-state index contributed by atoms with van der Waals surface area (Å²) in [5.74, 6) is 1.64. The number of nitrogens with one attached hydrogen (secondary N) is 2. The second kappa shape index (κ2) is 11.5. The Morgan fingerprint density at radius 1 is 1.16 bits per heavy atom. The van der Waals surface area contributed by atoms with E-state index in [1.54, 1.807) is 38.5 Å². The molecule has 1 aliphatic rings. The lowest BCUT2D eigenvalue weighted by atomic mass is 9.95. The zero-order valence-electron chi connectivity index (χ0n) is 18.2. The summed E-state index contributed by atoms with van der Waals surface area (Å²) in [4.78, 5) is 4.67. The number of nitrogens with zero attached hydrogens (tertiary/aromatic N) is 1. The van der Waals surface area contributed by atoms with Gasteiger partial charge in [0.15, 0.2) is 5.96 Å². The van der Waals surface area contributed by atoms with E-state index < -0.39 is 6.10 Å². The number of rotatable bonds is 9. The van der Waals surface area contributed by atoms with E-state index in [-0.39, 0.29) is 41.8 Å². The molecule has 0 aromatic heterocycles. The lowest BCUT2D eigenvalue weighted by Crippen LogP contribution is -2.40. The van der Waals surface area contributed by atoms with Crippen molar-refractivity contribution in [3.63, 3.8) is 0 Å². The highest BCUT2D eigenvalue weighted by Gasteiger charge is 2.45. The third kappa shape index (κ3) is 6.22. The van der Waals surface area contributed by atoms with E-state index in [2.05, 4.69) is 15.6 Å². The van der Waals surface area contributed by atoms with Crippen LogP contribution in [0.3, 0.4) is 0 Å². The van der Waals surface area contributed by atoms with Crippen molar-refractivity contribution in [2.75, 3.05) is 33.9 Å². The molecule has 0 heterocycles. The molecule has 1 saturated carbocycles. The molecule has 0 spiro atoms. The maximum atomic E-state index is 14.2. The molecule has 1 atom stereocenters. The minimum atomic E-state index is -0.819. The highest BCUT2D eigenvalue weighted by molar-refractivity contribution is 14.0. The van der Waals surface area contributed by atoms with Crippen LogP contribution >= 0.6 is 24.0 Å². The molecule has 1 unspecified atom stereocenters. The molecule has 3 rings (SSSR count). The summed E-state index contributed by atoms with van der Waals surface area (Å²) in [5.41, 5.74) is 1.12. The molecule has 0 radical (unpaired) electrons. The average Bonchev–Trinajstić information content (AvgIpc) is 3.56. The fourth-order valence-corrected chi connectivity index (χ4v) is 3.53. The highest BCUT2D eigenvalue weighted by Crippen LogP contribution is 2.49. The van der Waals surface area contributed by atoms with Crippen molar-refractivity contribution in [1.29, 1.82) is 0 Å². The van der Waals surface area contributed by atoms with Gasteiger partial charge in [-0.3, -0.25) is 4.99 Å². The minimum absolute atomic E-state index is 0. The van der Waals surface area contributed by atoms with Crippen LogP contribution in [0, 0.1) is 5.82 Å². The highest BCUT2D eigenvalue weighted by atomic mass is 127. The van der Waals surface area contributed by atoms with Gasteiger partial charge in [-0.05, 0) is 49.6 Å². The summed E-state index contributed by atoms with van der Waals surface area (Å²) in [7, 11) is 3.14. The summed E-state index contributed by atoms with van der Waals surface area (Å²) < 4.78 is 24.8. The molecule has 31 heavy (non-hydrogen) atoms. The number of hydrogen-bond donors (Lipinski definition) is 3. The summed E-state index contributed by atoms with van der Waals surface area (Å²) in [5, 5.41) is 17.1. The molecule has 1 aliphatic carbocycles. The molecule has 0 bridgehead atoms. The Morgan fingerprint density at radius 3 is 2.52 bits per heavy atom. The van der Waals surface area contributed by atoms with E-state index in [1.165, 1.54) is 6.07 Å². The second-order valence-corrected chi connectivity index (χ2v) is 7.46. The van der Waals surface area contributed by atoms with Gasteiger partial charge in [0.25, 0.3) is 0 Å². The monoisotopic (exact) mass is 543 g/mol. The van der Waals surface area contributed by atoms with Gasteiger partial charge in [0.1, 0.15) is 17.3 Å². The largest absolute Gasteiger partial charge is 0.497 e. The Hall–Kier alpha value is -2.07. The van der Waals surface area contributed by atoms with Crippen molar-refractivity contribution < 1.29 is 19.0 Å². The van der Waals surface area contributed by atoms with E-state index in [0.29, 0.717) is 36.1 Å². The summed E-state index contributed by atoms with van der Waals surface area (Å²) in [6.45, 7) is 3.38. The average molecular weight is 543 g/mol. The quantitative estimate of drug-likeness (QED) is 0.255. The Kier molecular flexibility index (Phi) is 9.36. The number of aliphatic hydroxyl groups is 1. The molecular formula is C23H31FIN3O3. The van der Waals surface area contributed by atoms with Crippen molar-refractivity contribution in [1.82, 2.24) is 10.6 Å². The van der Waals surface area contributed by atoms with Crippen LogP contribution in [-0.2, 0) is 5.41 Å². The molecule has 1 fully saturated rings. The molecule has 6 nitrogen and oxygen atoms in total. The van der Waals surface area contributed by atoms with Crippen molar-refractivity contribution in [3.8, 4) is 11.5 Å². The first-order chi connectivity index (χ1) is 14.5. The fraction of sp³-hybridized carbons (Fsp3) is 0.435. The first-order valence-corrected chi connectivity index (χ1v) is 10.2. The van der Waals surface area contributed by atoms with Gasteiger partial charge in [0.2, 0.25) is 0 Å². The maximum Gasteiger partial charge on any atom is 0.191 e. The van der Waals surface area contributed by atoms with Crippen LogP contribution in [-0.4, -0.2) is 44.9 Å². The van der Waals surface area contributed by atoms with E-state index in [1.807, 2.05) is 19.1 Å². The fourth-order valence-electron chi connectivity index (χ4n) is 3.53. The molecule has 0 saturated heterocycles. The number of halogens is 2. The number of aliphatic hydroxyl groups excluding tert-OH is 1. The lowest BCUT2D eigenvalue weighted by Gasteiger charge is -2.19. The molecule has 170 valence electrons. The molecule has 2 aromatic carbocycles. The van der Waals surface area contributed by atoms with Crippen LogP contribution in [0.4, 0.5) is 4.39 Å². The van der Waals surface area contributed by atoms with E-state index in [4.69, 9.17) is 9.47 Å². The van der Waals surface area contributed by atoms with Crippen LogP contribution in [0.25, 0.3) is 0 Å². The first kappa shape index (κ1) is 25.2. The molecule has 0 amide bonds. The first-order valence-electron chi connectivity index (χ1n) is 10.2.